The van der Waals surface area contributed by atoms with Crippen molar-refractivity contribution in [1.82, 2.24) is 0 Å². The Hall–Kier alpha value is -3.03. The van der Waals surface area contributed by atoms with Gasteiger partial charge in [0.15, 0.2) is 0 Å². The highest BCUT2D eigenvalue weighted by molar-refractivity contribution is 7.90. The third-order valence-electron chi connectivity index (χ3n) is 4.79. The van der Waals surface area contributed by atoms with Gasteiger partial charge in [-0.15, -0.1) is 0 Å². The van der Waals surface area contributed by atoms with Gasteiger partial charge in [-0.05, 0) is 47.5 Å². The van der Waals surface area contributed by atoms with E-state index in [1.807, 2.05) is 48.0 Å². The fourth-order valence-electron chi connectivity index (χ4n) is 3.22. The first kappa shape index (κ1) is 19.3. The van der Waals surface area contributed by atoms with Crippen LogP contribution in [0.1, 0.15) is 16.7 Å². The van der Waals surface area contributed by atoms with Gasteiger partial charge in [0.05, 0.1) is 16.2 Å². The predicted octanol–water partition coefficient (Wildman–Crippen LogP) is 4.40. The summed E-state index contributed by atoms with van der Waals surface area (Å²) in [5.74, 6) is -0.188. The van der Waals surface area contributed by atoms with Gasteiger partial charge >= 0.3 is 0 Å². The highest BCUT2D eigenvalue weighted by atomic mass is 32.2. The van der Waals surface area contributed by atoms with Gasteiger partial charge < -0.3 is 4.90 Å². The monoisotopic (exact) mass is 422 g/mol. The van der Waals surface area contributed by atoms with Gasteiger partial charge in [-0.25, -0.2) is 0 Å². The lowest BCUT2D eigenvalue weighted by atomic mass is 9.98. The molecular weight excluding hydrogens is 404 g/mol. The van der Waals surface area contributed by atoms with Crippen molar-refractivity contribution in [2.24, 2.45) is 4.40 Å². The summed E-state index contributed by atoms with van der Waals surface area (Å²) >= 11 is 1.47. The molecule has 1 aliphatic rings. The average molecular weight is 423 g/mol. The van der Waals surface area contributed by atoms with Crippen molar-refractivity contribution < 1.29 is 13.2 Å². The number of carbonyl (C=O) groups excluding carboxylic acids is 1. The minimum absolute atomic E-state index is 0.115. The standard InChI is InChI=1S/C22H18N2O3S2/c1-15-7-9-17(10-8-15)29(26,27)23-13-19(16-11-12-28-14-16)21-18-5-3-4-6-20(18)24(2)22(21)25/h3-14H,1-2H3/b21-19+,23-13-. The lowest BCUT2D eigenvalue weighted by Crippen LogP contribution is -2.21. The van der Waals surface area contributed by atoms with Crippen LogP contribution >= 0.6 is 11.3 Å². The van der Waals surface area contributed by atoms with Gasteiger partial charge in [0.2, 0.25) is 0 Å². The zero-order valence-corrected chi connectivity index (χ0v) is 17.5. The maximum Gasteiger partial charge on any atom is 0.282 e. The third-order valence-corrected chi connectivity index (χ3v) is 6.73. The molecule has 2 heterocycles. The number of carbonyl (C=O) groups is 1. The summed E-state index contributed by atoms with van der Waals surface area (Å²) in [4.78, 5) is 14.7. The summed E-state index contributed by atoms with van der Waals surface area (Å²) in [6.07, 6.45) is 1.29. The number of para-hydroxylation sites is 1. The molecule has 0 atom stereocenters. The number of aryl methyl sites for hydroxylation is 1. The molecule has 146 valence electrons. The molecule has 0 bridgehead atoms. The zero-order valence-electron chi connectivity index (χ0n) is 15.9. The summed E-state index contributed by atoms with van der Waals surface area (Å²) in [5, 5.41) is 3.76. The van der Waals surface area contributed by atoms with Crippen LogP contribution in [0.25, 0.3) is 11.1 Å². The van der Waals surface area contributed by atoms with Crippen LogP contribution in [0.4, 0.5) is 5.69 Å². The van der Waals surface area contributed by atoms with E-state index in [1.54, 1.807) is 24.1 Å². The van der Waals surface area contributed by atoms with Gasteiger partial charge in [0, 0.05) is 24.4 Å². The van der Waals surface area contributed by atoms with E-state index in [0.29, 0.717) is 11.1 Å². The third kappa shape index (κ3) is 3.54. The predicted molar refractivity (Wildman–Crippen MR) is 118 cm³/mol. The molecule has 0 fully saturated rings. The van der Waals surface area contributed by atoms with E-state index in [4.69, 9.17) is 0 Å². The van der Waals surface area contributed by atoms with E-state index in [-0.39, 0.29) is 10.8 Å². The van der Waals surface area contributed by atoms with Gasteiger partial charge in [-0.3, -0.25) is 4.79 Å². The largest absolute Gasteiger partial charge is 0.311 e. The molecule has 3 aromatic rings. The Labute approximate surface area is 173 Å². The minimum atomic E-state index is -3.89. The average Bonchev–Trinajstić information content (AvgIpc) is 3.32. The summed E-state index contributed by atoms with van der Waals surface area (Å²) in [6, 6.07) is 15.8. The zero-order chi connectivity index (χ0) is 20.6. The molecule has 4 rings (SSSR count). The molecule has 0 aliphatic carbocycles. The van der Waals surface area contributed by atoms with Crippen LogP contribution in [0.15, 0.2) is 74.7 Å². The van der Waals surface area contributed by atoms with Gasteiger partial charge in [0.1, 0.15) is 0 Å². The van der Waals surface area contributed by atoms with E-state index in [1.165, 1.54) is 29.7 Å². The molecule has 1 aromatic heterocycles. The number of likely N-dealkylation sites (N-methyl/N-ethyl adjacent to an activating group) is 1. The van der Waals surface area contributed by atoms with Crippen molar-refractivity contribution in [3.05, 3.63) is 82.0 Å². The molecule has 5 nitrogen and oxygen atoms in total. The number of hydrogen-bond donors (Lipinski definition) is 0. The lowest BCUT2D eigenvalue weighted by Gasteiger charge is -2.08. The molecule has 1 aliphatic heterocycles. The van der Waals surface area contributed by atoms with Crippen molar-refractivity contribution in [1.29, 1.82) is 0 Å². The summed E-state index contributed by atoms with van der Waals surface area (Å²) < 4.78 is 29.3. The number of allylic oxidation sites excluding steroid dienone is 1. The number of thiophene rings is 1. The molecule has 0 saturated carbocycles. The second-order valence-corrected chi connectivity index (χ2v) is 9.12. The Morgan fingerprint density at radius 1 is 1.07 bits per heavy atom. The molecular formula is C22H18N2O3S2. The molecule has 0 saturated heterocycles. The highest BCUT2D eigenvalue weighted by Crippen LogP contribution is 2.39. The number of anilines is 1. The second-order valence-electron chi connectivity index (χ2n) is 6.70. The number of nitrogens with zero attached hydrogens (tertiary/aromatic N) is 2. The van der Waals surface area contributed by atoms with Gasteiger partial charge in [0.25, 0.3) is 15.9 Å². The van der Waals surface area contributed by atoms with E-state index < -0.39 is 10.0 Å². The Morgan fingerprint density at radius 3 is 2.48 bits per heavy atom. The Balaban J connectivity index is 1.87. The molecule has 0 spiro atoms. The number of hydrogen-bond acceptors (Lipinski definition) is 4. The first-order valence-corrected chi connectivity index (χ1v) is 11.3. The smallest absolute Gasteiger partial charge is 0.282 e. The molecule has 0 radical (unpaired) electrons. The Kier molecular flexibility index (Phi) is 4.94. The number of amides is 1. The van der Waals surface area contributed by atoms with Crippen LogP contribution in [-0.2, 0) is 14.8 Å². The maximum atomic E-state index is 13.0. The highest BCUT2D eigenvalue weighted by Gasteiger charge is 2.32. The molecule has 0 unspecified atom stereocenters. The number of rotatable bonds is 4. The van der Waals surface area contributed by atoms with Crippen molar-refractivity contribution in [2.45, 2.75) is 11.8 Å². The van der Waals surface area contributed by atoms with Crippen LogP contribution < -0.4 is 4.90 Å². The number of benzene rings is 2. The summed E-state index contributed by atoms with van der Waals surface area (Å²) in [5.41, 5.74) is 4.21. The van der Waals surface area contributed by atoms with E-state index in [2.05, 4.69) is 4.40 Å². The SMILES string of the molecule is Cc1ccc(S(=O)(=O)/N=C\C(=C2/C(=O)N(C)c3ccccc32)c2ccsc2)cc1. The Bertz CT molecular complexity index is 1240. The van der Waals surface area contributed by atoms with E-state index in [9.17, 15) is 13.2 Å². The van der Waals surface area contributed by atoms with Crippen LogP contribution in [0.5, 0.6) is 0 Å². The topological polar surface area (TPSA) is 66.8 Å². The first-order chi connectivity index (χ1) is 13.9. The normalized spacial score (nSPS) is 15.8. The quantitative estimate of drug-likeness (QED) is 0.462. The van der Waals surface area contributed by atoms with Gasteiger partial charge in [-0.2, -0.15) is 24.2 Å². The van der Waals surface area contributed by atoms with Crippen molar-refractivity contribution in [2.75, 3.05) is 11.9 Å². The number of sulfonamides is 1. The Morgan fingerprint density at radius 2 is 1.79 bits per heavy atom. The molecule has 2 aromatic carbocycles. The molecule has 1 amide bonds. The fraction of sp³-hybridized carbons (Fsp3) is 0.0909. The molecule has 29 heavy (non-hydrogen) atoms. The van der Waals surface area contributed by atoms with Crippen molar-refractivity contribution >= 4 is 50.3 Å². The van der Waals surface area contributed by atoms with Crippen LogP contribution in [-0.4, -0.2) is 27.6 Å². The van der Waals surface area contributed by atoms with Crippen LogP contribution in [0.2, 0.25) is 0 Å². The van der Waals surface area contributed by atoms with E-state index in [0.717, 1.165) is 22.4 Å². The lowest BCUT2D eigenvalue weighted by molar-refractivity contribution is -0.112. The maximum absolute atomic E-state index is 13.0. The second kappa shape index (κ2) is 7.42. The fourth-order valence-corrected chi connectivity index (χ4v) is 4.73. The summed E-state index contributed by atoms with van der Waals surface area (Å²) in [6.45, 7) is 1.89. The van der Waals surface area contributed by atoms with Crippen LogP contribution in [0.3, 0.4) is 0 Å². The van der Waals surface area contributed by atoms with Crippen molar-refractivity contribution in [3.8, 4) is 0 Å². The van der Waals surface area contributed by atoms with Crippen molar-refractivity contribution in [3.63, 3.8) is 0 Å². The first-order valence-electron chi connectivity index (χ1n) is 8.90. The van der Waals surface area contributed by atoms with Crippen LogP contribution in [0, 0.1) is 6.92 Å². The minimum Gasteiger partial charge on any atom is -0.311 e. The number of fused-ring (bicyclic) bond motifs is 1. The summed E-state index contributed by atoms with van der Waals surface area (Å²) in [7, 11) is -2.18. The molecule has 0 N–H and O–H groups in total. The molecule has 7 heteroatoms. The van der Waals surface area contributed by atoms with E-state index >= 15 is 0 Å². The van der Waals surface area contributed by atoms with Gasteiger partial charge in [-0.1, -0.05) is 35.9 Å².